The van der Waals surface area contributed by atoms with Crippen LogP contribution in [0.1, 0.15) is 19.4 Å². The van der Waals surface area contributed by atoms with Crippen LogP contribution in [0.2, 0.25) is 13.1 Å². The second kappa shape index (κ2) is 5.16. The highest BCUT2D eigenvalue weighted by Crippen LogP contribution is 2.32. The van der Waals surface area contributed by atoms with Gasteiger partial charge < -0.3 is 13.9 Å². The van der Waals surface area contributed by atoms with Gasteiger partial charge in [0.2, 0.25) is 15.1 Å². The van der Waals surface area contributed by atoms with Gasteiger partial charge in [0.25, 0.3) is 0 Å². The Labute approximate surface area is 110 Å². The molecule has 0 N–H and O–H groups in total. The van der Waals surface area contributed by atoms with E-state index in [-0.39, 0.29) is 6.10 Å². The fourth-order valence-corrected chi connectivity index (χ4v) is 3.85. The Morgan fingerprint density at radius 2 is 1.94 bits per heavy atom. The smallest absolute Gasteiger partial charge is 0.231 e. The van der Waals surface area contributed by atoms with Crippen LogP contribution in [0.3, 0.4) is 0 Å². The lowest BCUT2D eigenvalue weighted by Crippen LogP contribution is -2.31. The molecule has 0 amide bonds. The monoisotopic (exact) mass is 264 g/mol. The minimum atomic E-state index is -1.73. The van der Waals surface area contributed by atoms with E-state index in [1.165, 1.54) is 0 Å². The fraction of sp³-hybridized carbons (Fsp3) is 0.429. The van der Waals surface area contributed by atoms with Crippen molar-refractivity contribution in [2.24, 2.45) is 0 Å². The van der Waals surface area contributed by atoms with Crippen LogP contribution >= 0.6 is 0 Å². The molecule has 0 aliphatic carbocycles. The average molecular weight is 264 g/mol. The van der Waals surface area contributed by atoms with Crippen molar-refractivity contribution in [1.29, 1.82) is 0 Å². The standard InChI is InChI=1S/C14H20O3Si/c1-11(2)17-18(3,4)8-7-12-5-6-13-14(9-12)16-10-15-13/h5-9,11H,10H2,1-4H3/b8-7+. The molecule has 1 aliphatic rings. The van der Waals surface area contributed by atoms with Gasteiger partial charge in [0.1, 0.15) is 0 Å². The van der Waals surface area contributed by atoms with Crippen LogP contribution in [0.5, 0.6) is 11.5 Å². The van der Waals surface area contributed by atoms with Crippen LogP contribution < -0.4 is 9.47 Å². The summed E-state index contributed by atoms with van der Waals surface area (Å²) in [5, 5.41) is 0. The van der Waals surface area contributed by atoms with Crippen LogP contribution in [0.4, 0.5) is 0 Å². The average Bonchev–Trinajstić information content (AvgIpc) is 2.71. The van der Waals surface area contributed by atoms with Crippen molar-refractivity contribution in [3.63, 3.8) is 0 Å². The maximum absolute atomic E-state index is 5.95. The van der Waals surface area contributed by atoms with Gasteiger partial charge in [-0.25, -0.2) is 0 Å². The van der Waals surface area contributed by atoms with Crippen molar-refractivity contribution in [3.05, 3.63) is 29.5 Å². The summed E-state index contributed by atoms with van der Waals surface area (Å²) in [5.41, 5.74) is 3.32. The number of rotatable bonds is 4. The Bertz CT molecular complexity index is 452. The van der Waals surface area contributed by atoms with E-state index < -0.39 is 8.32 Å². The summed E-state index contributed by atoms with van der Waals surface area (Å²) >= 11 is 0. The Hall–Kier alpha value is -1.26. The summed E-state index contributed by atoms with van der Waals surface area (Å²) in [6.07, 6.45) is 2.38. The lowest BCUT2D eigenvalue weighted by Gasteiger charge is -2.21. The summed E-state index contributed by atoms with van der Waals surface area (Å²) in [4.78, 5) is 0. The number of hydrogen-bond acceptors (Lipinski definition) is 3. The van der Waals surface area contributed by atoms with Gasteiger partial charge in [-0.15, -0.1) is 0 Å². The highest BCUT2D eigenvalue weighted by Gasteiger charge is 2.20. The molecule has 0 aromatic heterocycles. The number of benzene rings is 1. The van der Waals surface area contributed by atoms with Gasteiger partial charge in [-0.2, -0.15) is 0 Å². The predicted molar refractivity (Wildman–Crippen MR) is 75.3 cm³/mol. The lowest BCUT2D eigenvalue weighted by atomic mass is 10.2. The molecule has 1 aromatic carbocycles. The van der Waals surface area contributed by atoms with Crippen molar-refractivity contribution in [3.8, 4) is 11.5 Å². The Balaban J connectivity index is 2.09. The molecule has 0 bridgehead atoms. The molecule has 0 radical (unpaired) electrons. The minimum Gasteiger partial charge on any atom is -0.454 e. The molecule has 1 aromatic rings. The Kier molecular flexibility index (Phi) is 3.78. The van der Waals surface area contributed by atoms with E-state index in [1.54, 1.807) is 0 Å². The van der Waals surface area contributed by atoms with E-state index in [4.69, 9.17) is 13.9 Å². The molecule has 98 valence electrons. The van der Waals surface area contributed by atoms with E-state index >= 15 is 0 Å². The molecule has 0 unspecified atom stereocenters. The van der Waals surface area contributed by atoms with E-state index in [2.05, 4.69) is 38.7 Å². The van der Waals surface area contributed by atoms with Gasteiger partial charge in [0.05, 0.1) is 0 Å². The van der Waals surface area contributed by atoms with Gasteiger partial charge in [-0.1, -0.05) is 17.8 Å². The van der Waals surface area contributed by atoms with Crippen LogP contribution in [0.25, 0.3) is 6.08 Å². The molecule has 0 spiro atoms. The van der Waals surface area contributed by atoms with Crippen molar-refractivity contribution in [2.75, 3.05) is 6.79 Å². The second-order valence-electron chi connectivity index (χ2n) is 5.22. The van der Waals surface area contributed by atoms with Gasteiger partial charge in [0.15, 0.2) is 11.5 Å². The summed E-state index contributed by atoms with van der Waals surface area (Å²) < 4.78 is 16.6. The summed E-state index contributed by atoms with van der Waals surface area (Å²) in [6, 6.07) is 5.97. The second-order valence-corrected chi connectivity index (χ2v) is 8.99. The van der Waals surface area contributed by atoms with E-state index in [1.807, 2.05) is 18.2 Å². The molecule has 1 heterocycles. The highest BCUT2D eigenvalue weighted by molar-refractivity contribution is 6.76. The molecule has 0 saturated carbocycles. The SMILES string of the molecule is CC(C)O[Si](C)(C)/C=C/c1ccc2c(c1)OCO2. The van der Waals surface area contributed by atoms with Crippen LogP contribution in [0, 0.1) is 0 Å². The third-order valence-electron chi connectivity index (χ3n) is 2.61. The van der Waals surface area contributed by atoms with E-state index in [9.17, 15) is 0 Å². The van der Waals surface area contributed by atoms with Crippen LogP contribution in [-0.4, -0.2) is 21.2 Å². The minimum absolute atomic E-state index is 0.271. The molecule has 0 atom stereocenters. The maximum Gasteiger partial charge on any atom is 0.231 e. The predicted octanol–water partition coefficient (Wildman–Crippen LogP) is 3.60. The summed E-state index contributed by atoms with van der Waals surface area (Å²) in [5.74, 6) is 1.64. The maximum atomic E-state index is 5.95. The number of hydrogen-bond donors (Lipinski definition) is 0. The topological polar surface area (TPSA) is 27.7 Å². The third-order valence-corrected chi connectivity index (χ3v) is 4.66. The summed E-state index contributed by atoms with van der Waals surface area (Å²) in [7, 11) is -1.73. The largest absolute Gasteiger partial charge is 0.454 e. The first kappa shape index (κ1) is 13.2. The van der Waals surface area contributed by atoms with Crippen molar-refractivity contribution in [2.45, 2.75) is 33.0 Å². The zero-order chi connectivity index (χ0) is 13.2. The van der Waals surface area contributed by atoms with E-state index in [0.29, 0.717) is 6.79 Å². The first-order valence-electron chi connectivity index (χ1n) is 6.23. The highest BCUT2D eigenvalue weighted by atomic mass is 28.4. The third kappa shape index (κ3) is 3.37. The van der Waals surface area contributed by atoms with Gasteiger partial charge in [-0.3, -0.25) is 0 Å². The Morgan fingerprint density at radius 3 is 2.67 bits per heavy atom. The van der Waals surface area contributed by atoms with Crippen molar-refractivity contribution < 1.29 is 13.9 Å². The fourth-order valence-electron chi connectivity index (χ4n) is 1.96. The van der Waals surface area contributed by atoms with Crippen molar-refractivity contribution >= 4 is 14.4 Å². The zero-order valence-electron chi connectivity index (χ0n) is 11.4. The first-order valence-corrected chi connectivity index (χ1v) is 9.21. The zero-order valence-corrected chi connectivity index (χ0v) is 12.4. The quantitative estimate of drug-likeness (QED) is 0.778. The first-order chi connectivity index (χ1) is 8.46. The number of fused-ring (bicyclic) bond motifs is 1. The molecule has 2 rings (SSSR count). The molecule has 3 nitrogen and oxygen atoms in total. The molecule has 4 heteroatoms. The molecule has 18 heavy (non-hydrogen) atoms. The van der Waals surface area contributed by atoms with Crippen molar-refractivity contribution in [1.82, 2.24) is 0 Å². The molecular weight excluding hydrogens is 244 g/mol. The normalized spacial score (nSPS) is 14.7. The van der Waals surface area contributed by atoms with Gasteiger partial charge in [0, 0.05) is 6.10 Å². The Morgan fingerprint density at radius 1 is 1.22 bits per heavy atom. The van der Waals surface area contributed by atoms with Crippen LogP contribution in [-0.2, 0) is 4.43 Å². The molecular formula is C14H20O3Si. The van der Waals surface area contributed by atoms with E-state index in [0.717, 1.165) is 17.1 Å². The van der Waals surface area contributed by atoms with Gasteiger partial charge >= 0.3 is 0 Å². The molecule has 0 fully saturated rings. The molecule has 0 saturated heterocycles. The number of ether oxygens (including phenoxy) is 2. The van der Waals surface area contributed by atoms with Crippen LogP contribution in [0.15, 0.2) is 23.9 Å². The lowest BCUT2D eigenvalue weighted by molar-refractivity contribution is 0.174. The summed E-state index contributed by atoms with van der Waals surface area (Å²) in [6.45, 7) is 8.85. The molecule has 1 aliphatic heterocycles. The van der Waals surface area contributed by atoms with Gasteiger partial charge in [-0.05, 0) is 44.6 Å².